The van der Waals surface area contributed by atoms with Gasteiger partial charge in [0, 0.05) is 18.8 Å². The molecule has 0 radical (unpaired) electrons. The lowest BCUT2D eigenvalue weighted by Crippen LogP contribution is -2.54. The van der Waals surface area contributed by atoms with Crippen LogP contribution < -0.4 is 5.73 Å². The summed E-state index contributed by atoms with van der Waals surface area (Å²) in [6, 6.07) is 0.170. The van der Waals surface area contributed by atoms with Gasteiger partial charge in [-0.1, -0.05) is 19.3 Å². The molecule has 0 bridgehead atoms. The Kier molecular flexibility index (Phi) is 6.01. The first-order valence-electron chi connectivity index (χ1n) is 7.42. The average Bonchev–Trinajstić information content (AvgIpc) is 2.38. The molecule has 1 aliphatic rings. The maximum absolute atomic E-state index is 12.7. The molecule has 2 N–H and O–H groups in total. The highest BCUT2D eigenvalue weighted by molar-refractivity contribution is 7.92. The molecule has 118 valence electrons. The quantitative estimate of drug-likeness (QED) is 0.802. The molecular weight excluding hydrogens is 276 g/mol. The Labute approximate surface area is 122 Å². The Morgan fingerprint density at radius 1 is 1.25 bits per heavy atom. The van der Waals surface area contributed by atoms with Crippen molar-refractivity contribution in [3.63, 3.8) is 0 Å². The van der Waals surface area contributed by atoms with Gasteiger partial charge in [-0.05, 0) is 39.7 Å². The van der Waals surface area contributed by atoms with Gasteiger partial charge in [0.2, 0.25) is 5.91 Å². The van der Waals surface area contributed by atoms with E-state index in [9.17, 15) is 13.2 Å². The fourth-order valence-electron chi connectivity index (χ4n) is 2.61. The van der Waals surface area contributed by atoms with Gasteiger partial charge in [0.1, 0.15) is 4.75 Å². The van der Waals surface area contributed by atoms with Gasteiger partial charge in [-0.3, -0.25) is 4.79 Å². The number of sulfone groups is 1. The van der Waals surface area contributed by atoms with Crippen molar-refractivity contribution in [1.82, 2.24) is 4.90 Å². The van der Waals surface area contributed by atoms with Crippen molar-refractivity contribution in [2.45, 2.75) is 63.2 Å². The van der Waals surface area contributed by atoms with Crippen LogP contribution in [0.1, 0.15) is 52.4 Å². The van der Waals surface area contributed by atoms with E-state index in [1.165, 1.54) is 20.3 Å². The third-order valence-electron chi connectivity index (χ3n) is 4.32. The SMILES string of the molecule is CC(C)(C(=O)N(CCCN)C1CCCCC1)S(C)(=O)=O. The molecule has 5 nitrogen and oxygen atoms in total. The van der Waals surface area contributed by atoms with Gasteiger partial charge in [-0.2, -0.15) is 0 Å². The second-order valence-corrected chi connectivity index (χ2v) is 8.78. The Bertz CT molecular complexity index is 426. The molecule has 0 spiro atoms. The van der Waals surface area contributed by atoms with E-state index in [0.717, 1.165) is 31.9 Å². The third-order valence-corrected chi connectivity index (χ3v) is 6.35. The first kappa shape index (κ1) is 17.4. The third kappa shape index (κ3) is 3.95. The van der Waals surface area contributed by atoms with Gasteiger partial charge >= 0.3 is 0 Å². The standard InChI is InChI=1S/C14H28N2O3S/c1-14(2,20(3,18)19)13(17)16(11-7-10-15)12-8-5-4-6-9-12/h12H,4-11,15H2,1-3H3. The summed E-state index contributed by atoms with van der Waals surface area (Å²) in [6.07, 6.45) is 7.19. The molecule has 6 heteroatoms. The molecule has 0 aromatic carbocycles. The number of amides is 1. The lowest BCUT2D eigenvalue weighted by Gasteiger charge is -2.38. The van der Waals surface area contributed by atoms with Crippen molar-refractivity contribution < 1.29 is 13.2 Å². The van der Waals surface area contributed by atoms with E-state index in [1.54, 1.807) is 4.90 Å². The summed E-state index contributed by atoms with van der Waals surface area (Å²) >= 11 is 0. The highest BCUT2D eigenvalue weighted by Gasteiger charge is 2.43. The van der Waals surface area contributed by atoms with Gasteiger partial charge < -0.3 is 10.6 Å². The lowest BCUT2D eigenvalue weighted by molar-refractivity contribution is -0.136. The second kappa shape index (κ2) is 6.89. The molecule has 1 saturated carbocycles. The van der Waals surface area contributed by atoms with Crippen LogP contribution in [-0.4, -0.2) is 49.4 Å². The predicted molar refractivity (Wildman–Crippen MR) is 81.2 cm³/mol. The number of hydrogen-bond acceptors (Lipinski definition) is 4. The molecule has 0 heterocycles. The zero-order valence-electron chi connectivity index (χ0n) is 12.9. The van der Waals surface area contributed by atoms with E-state index in [4.69, 9.17) is 5.73 Å². The molecule has 1 amide bonds. The molecule has 0 aromatic heterocycles. The fourth-order valence-corrected chi connectivity index (χ4v) is 3.04. The molecule has 0 atom stereocenters. The van der Waals surface area contributed by atoms with Gasteiger partial charge in [-0.15, -0.1) is 0 Å². The maximum Gasteiger partial charge on any atom is 0.243 e. The van der Waals surface area contributed by atoms with Crippen molar-refractivity contribution in [3.8, 4) is 0 Å². The van der Waals surface area contributed by atoms with Crippen LogP contribution in [0.3, 0.4) is 0 Å². The van der Waals surface area contributed by atoms with E-state index in [-0.39, 0.29) is 11.9 Å². The van der Waals surface area contributed by atoms with Crippen LogP contribution in [0.15, 0.2) is 0 Å². The van der Waals surface area contributed by atoms with Gasteiger partial charge in [-0.25, -0.2) is 8.42 Å². The van der Waals surface area contributed by atoms with Crippen LogP contribution in [0.25, 0.3) is 0 Å². The molecule has 0 aliphatic heterocycles. The largest absolute Gasteiger partial charge is 0.338 e. The summed E-state index contributed by atoms with van der Waals surface area (Å²) < 4.78 is 22.4. The average molecular weight is 304 g/mol. The monoisotopic (exact) mass is 304 g/mol. The van der Waals surface area contributed by atoms with Crippen LogP contribution in [0.2, 0.25) is 0 Å². The summed E-state index contributed by atoms with van der Waals surface area (Å²) in [5.41, 5.74) is 5.55. The lowest BCUT2D eigenvalue weighted by atomic mass is 9.93. The Balaban J connectivity index is 2.94. The normalized spacial score (nSPS) is 18.0. The zero-order valence-corrected chi connectivity index (χ0v) is 13.7. The van der Waals surface area contributed by atoms with Crippen LogP contribution in [0, 0.1) is 0 Å². The Morgan fingerprint density at radius 2 is 1.80 bits per heavy atom. The minimum atomic E-state index is -3.43. The summed E-state index contributed by atoms with van der Waals surface area (Å²) in [7, 11) is -3.43. The van der Waals surface area contributed by atoms with Crippen molar-refractivity contribution in [1.29, 1.82) is 0 Å². The minimum Gasteiger partial charge on any atom is -0.338 e. The fraction of sp³-hybridized carbons (Fsp3) is 0.929. The molecule has 1 aliphatic carbocycles. The molecule has 0 saturated heterocycles. The predicted octanol–water partition coefficient (Wildman–Crippen LogP) is 1.32. The Hall–Kier alpha value is -0.620. The summed E-state index contributed by atoms with van der Waals surface area (Å²) in [4.78, 5) is 14.5. The minimum absolute atomic E-state index is 0.170. The molecule has 0 unspecified atom stereocenters. The maximum atomic E-state index is 12.7. The Morgan fingerprint density at radius 3 is 2.25 bits per heavy atom. The van der Waals surface area contributed by atoms with Gasteiger partial charge in [0.25, 0.3) is 0 Å². The topological polar surface area (TPSA) is 80.5 Å². The number of carbonyl (C=O) groups is 1. The van der Waals surface area contributed by atoms with Crippen molar-refractivity contribution in [3.05, 3.63) is 0 Å². The highest BCUT2D eigenvalue weighted by atomic mass is 32.2. The van der Waals surface area contributed by atoms with Crippen molar-refractivity contribution >= 4 is 15.7 Å². The first-order valence-corrected chi connectivity index (χ1v) is 9.31. The van der Waals surface area contributed by atoms with Crippen LogP contribution >= 0.6 is 0 Å². The van der Waals surface area contributed by atoms with E-state index >= 15 is 0 Å². The molecule has 1 fully saturated rings. The van der Waals surface area contributed by atoms with Crippen molar-refractivity contribution in [2.24, 2.45) is 5.73 Å². The molecular formula is C14H28N2O3S. The number of rotatable bonds is 6. The van der Waals surface area contributed by atoms with Gasteiger partial charge in [0.15, 0.2) is 9.84 Å². The van der Waals surface area contributed by atoms with E-state index in [1.807, 2.05) is 0 Å². The van der Waals surface area contributed by atoms with Crippen LogP contribution in [-0.2, 0) is 14.6 Å². The zero-order chi connectivity index (χ0) is 15.4. The smallest absolute Gasteiger partial charge is 0.243 e. The van der Waals surface area contributed by atoms with Crippen molar-refractivity contribution in [2.75, 3.05) is 19.3 Å². The summed E-state index contributed by atoms with van der Waals surface area (Å²) in [5.74, 6) is -0.277. The molecule has 0 aromatic rings. The number of hydrogen-bond donors (Lipinski definition) is 1. The van der Waals surface area contributed by atoms with E-state index < -0.39 is 14.6 Å². The number of carbonyl (C=O) groups excluding carboxylic acids is 1. The summed E-state index contributed by atoms with van der Waals surface area (Å²) in [6.45, 7) is 4.07. The number of nitrogens with two attached hydrogens (primary N) is 1. The first-order chi connectivity index (χ1) is 9.21. The van der Waals surface area contributed by atoms with Crippen LogP contribution in [0.4, 0.5) is 0 Å². The molecule has 1 rings (SSSR count). The van der Waals surface area contributed by atoms with E-state index in [2.05, 4.69) is 0 Å². The second-order valence-electron chi connectivity index (χ2n) is 6.22. The van der Waals surface area contributed by atoms with Gasteiger partial charge in [0.05, 0.1) is 0 Å². The number of nitrogens with zero attached hydrogens (tertiary/aromatic N) is 1. The van der Waals surface area contributed by atoms with E-state index in [0.29, 0.717) is 19.5 Å². The highest BCUT2D eigenvalue weighted by Crippen LogP contribution is 2.27. The molecule has 20 heavy (non-hydrogen) atoms. The summed E-state index contributed by atoms with van der Waals surface area (Å²) in [5, 5.41) is 0. The van der Waals surface area contributed by atoms with Crippen LogP contribution in [0.5, 0.6) is 0 Å².